The van der Waals surface area contributed by atoms with Gasteiger partial charge in [-0.15, -0.1) is 11.6 Å². The molecule has 0 spiro atoms. The van der Waals surface area contributed by atoms with E-state index in [0.717, 1.165) is 6.42 Å². The quantitative estimate of drug-likeness (QED) is 0.221. The minimum absolute atomic E-state index is 0.0496. The molecule has 1 heterocycles. The number of hydroxylamine groups is 2. The van der Waals surface area contributed by atoms with E-state index in [1.54, 1.807) is 6.08 Å². The zero-order chi connectivity index (χ0) is 19.0. The molecule has 9 heteroatoms. The van der Waals surface area contributed by atoms with Crippen LogP contribution in [0.15, 0.2) is 12.7 Å². The van der Waals surface area contributed by atoms with Crippen LogP contribution in [0.3, 0.4) is 0 Å². The van der Waals surface area contributed by atoms with Gasteiger partial charge in [0, 0.05) is 12.8 Å². The summed E-state index contributed by atoms with van der Waals surface area (Å²) in [7, 11) is 0. The van der Waals surface area contributed by atoms with Crippen molar-refractivity contribution in [3.05, 3.63) is 12.7 Å². The van der Waals surface area contributed by atoms with Gasteiger partial charge in [-0.25, -0.2) is 4.79 Å². The number of imide groups is 1. The molecule has 9 nitrogen and oxygen atoms in total. The van der Waals surface area contributed by atoms with E-state index in [4.69, 9.17) is 23.8 Å². The fraction of sp³-hybridized carbons (Fsp3) is 0.706. The first-order valence-corrected chi connectivity index (χ1v) is 8.63. The monoisotopic (exact) mass is 373 g/mol. The summed E-state index contributed by atoms with van der Waals surface area (Å²) in [6, 6.07) is 0. The summed E-state index contributed by atoms with van der Waals surface area (Å²) >= 11 is 0. The van der Waals surface area contributed by atoms with E-state index < -0.39 is 17.8 Å². The first kappa shape index (κ1) is 22.2. The third-order valence-electron chi connectivity index (χ3n) is 3.23. The number of hydrogen-bond donors (Lipinski definition) is 0. The van der Waals surface area contributed by atoms with Crippen LogP contribution in [0.1, 0.15) is 25.7 Å². The molecular formula is C17H27NO8. The highest BCUT2D eigenvalue weighted by Gasteiger charge is 2.32. The van der Waals surface area contributed by atoms with Crippen LogP contribution in [0.2, 0.25) is 0 Å². The molecule has 0 aliphatic carbocycles. The van der Waals surface area contributed by atoms with Crippen LogP contribution in [0.4, 0.5) is 0 Å². The molecule has 0 aromatic heterocycles. The molecule has 0 atom stereocenters. The van der Waals surface area contributed by atoms with Crippen molar-refractivity contribution in [1.29, 1.82) is 0 Å². The van der Waals surface area contributed by atoms with Gasteiger partial charge in [0.25, 0.3) is 11.8 Å². The summed E-state index contributed by atoms with van der Waals surface area (Å²) in [6.07, 6.45) is 2.73. The minimum Gasteiger partial charge on any atom is -0.379 e. The van der Waals surface area contributed by atoms with Gasteiger partial charge in [-0.1, -0.05) is 6.08 Å². The lowest BCUT2D eigenvalue weighted by atomic mass is 10.4. The van der Waals surface area contributed by atoms with Crippen molar-refractivity contribution in [2.24, 2.45) is 0 Å². The van der Waals surface area contributed by atoms with E-state index in [-0.39, 0.29) is 25.9 Å². The summed E-state index contributed by atoms with van der Waals surface area (Å²) in [6.45, 7) is 7.03. The highest BCUT2D eigenvalue weighted by atomic mass is 16.7. The lowest BCUT2D eigenvalue weighted by Crippen LogP contribution is -2.32. The van der Waals surface area contributed by atoms with Gasteiger partial charge in [-0.2, -0.15) is 0 Å². The molecule has 148 valence electrons. The van der Waals surface area contributed by atoms with Crippen LogP contribution < -0.4 is 0 Å². The number of ether oxygens (including phenoxy) is 4. The summed E-state index contributed by atoms with van der Waals surface area (Å²) in [5.74, 6) is -1.68. The van der Waals surface area contributed by atoms with Crippen molar-refractivity contribution in [1.82, 2.24) is 5.06 Å². The molecule has 0 unspecified atom stereocenters. The molecular weight excluding hydrogens is 346 g/mol. The van der Waals surface area contributed by atoms with Crippen LogP contribution in [0.5, 0.6) is 0 Å². The van der Waals surface area contributed by atoms with Crippen molar-refractivity contribution in [3.63, 3.8) is 0 Å². The molecule has 1 rings (SSSR count). The molecule has 0 bridgehead atoms. The van der Waals surface area contributed by atoms with Gasteiger partial charge in [-0.3, -0.25) is 9.59 Å². The van der Waals surface area contributed by atoms with Gasteiger partial charge in [-0.05, 0) is 6.42 Å². The molecule has 0 aromatic carbocycles. The van der Waals surface area contributed by atoms with Crippen molar-refractivity contribution in [3.8, 4) is 0 Å². The van der Waals surface area contributed by atoms with Gasteiger partial charge >= 0.3 is 5.97 Å². The van der Waals surface area contributed by atoms with Gasteiger partial charge in [0.2, 0.25) is 0 Å². The van der Waals surface area contributed by atoms with Crippen molar-refractivity contribution in [2.45, 2.75) is 25.7 Å². The standard InChI is InChI=1S/C17H27NO8/c1-2-3-7-22-9-11-24-13-14-25-12-10-23-8-6-17(21)26-18-15(19)4-5-16(18)20/h2H,1,3-14H2. The highest BCUT2D eigenvalue weighted by molar-refractivity contribution is 6.01. The van der Waals surface area contributed by atoms with Crippen LogP contribution in [0.25, 0.3) is 0 Å². The fourth-order valence-electron chi connectivity index (χ4n) is 1.89. The average molecular weight is 373 g/mol. The molecule has 26 heavy (non-hydrogen) atoms. The number of rotatable bonds is 16. The predicted octanol–water partition coefficient (Wildman–Crippen LogP) is 0.626. The average Bonchev–Trinajstić information content (AvgIpc) is 2.94. The topological polar surface area (TPSA) is 101 Å². The Morgan fingerprint density at radius 1 is 0.846 bits per heavy atom. The lowest BCUT2D eigenvalue weighted by molar-refractivity contribution is -0.198. The molecule has 0 N–H and O–H groups in total. The van der Waals surface area contributed by atoms with Crippen LogP contribution in [-0.2, 0) is 38.2 Å². The van der Waals surface area contributed by atoms with E-state index in [9.17, 15) is 14.4 Å². The van der Waals surface area contributed by atoms with E-state index >= 15 is 0 Å². The zero-order valence-electron chi connectivity index (χ0n) is 15.0. The Hall–Kier alpha value is -1.81. The highest BCUT2D eigenvalue weighted by Crippen LogP contribution is 2.12. The van der Waals surface area contributed by atoms with Crippen LogP contribution >= 0.6 is 0 Å². The second-order valence-electron chi connectivity index (χ2n) is 5.32. The van der Waals surface area contributed by atoms with Gasteiger partial charge < -0.3 is 23.8 Å². The summed E-state index contributed by atoms with van der Waals surface area (Å²) < 4.78 is 21.1. The van der Waals surface area contributed by atoms with Gasteiger partial charge in [0.05, 0.1) is 59.3 Å². The van der Waals surface area contributed by atoms with Crippen molar-refractivity contribution in [2.75, 3.05) is 52.9 Å². The normalized spacial score (nSPS) is 14.1. The minimum atomic E-state index is -0.682. The Labute approximate surface area is 153 Å². The molecule has 1 aliphatic rings. The van der Waals surface area contributed by atoms with E-state index in [1.165, 1.54) is 0 Å². The molecule has 1 saturated heterocycles. The van der Waals surface area contributed by atoms with Gasteiger partial charge in [0.1, 0.15) is 0 Å². The first-order chi connectivity index (χ1) is 12.6. The SMILES string of the molecule is C=CCCOCCOCCOCCOCCC(=O)ON1C(=O)CCC1=O. The number of amides is 2. The van der Waals surface area contributed by atoms with Gasteiger partial charge in [0.15, 0.2) is 0 Å². The molecule has 0 radical (unpaired) electrons. The molecule has 2 amide bonds. The smallest absolute Gasteiger partial charge is 0.335 e. The second-order valence-corrected chi connectivity index (χ2v) is 5.32. The third-order valence-corrected chi connectivity index (χ3v) is 3.23. The van der Waals surface area contributed by atoms with E-state index in [2.05, 4.69) is 6.58 Å². The third kappa shape index (κ3) is 10.2. The maximum Gasteiger partial charge on any atom is 0.335 e. The van der Waals surface area contributed by atoms with Crippen LogP contribution in [-0.4, -0.2) is 75.7 Å². The number of nitrogens with zero attached hydrogens (tertiary/aromatic N) is 1. The Kier molecular flexibility index (Phi) is 12.3. The molecule has 1 aliphatic heterocycles. The van der Waals surface area contributed by atoms with Crippen molar-refractivity contribution < 1.29 is 38.2 Å². The zero-order valence-corrected chi connectivity index (χ0v) is 15.0. The largest absolute Gasteiger partial charge is 0.379 e. The number of carbonyl (C=O) groups is 3. The Bertz CT molecular complexity index is 438. The Balaban J connectivity index is 1.83. The summed E-state index contributed by atoms with van der Waals surface area (Å²) in [4.78, 5) is 38.8. The maximum absolute atomic E-state index is 11.5. The number of hydrogen-bond acceptors (Lipinski definition) is 8. The molecule has 1 fully saturated rings. The molecule has 0 aromatic rings. The molecule has 0 saturated carbocycles. The number of carbonyl (C=O) groups excluding carboxylic acids is 3. The summed E-state index contributed by atoms with van der Waals surface area (Å²) in [5.41, 5.74) is 0. The lowest BCUT2D eigenvalue weighted by Gasteiger charge is -2.12. The van der Waals surface area contributed by atoms with E-state index in [0.29, 0.717) is 51.3 Å². The maximum atomic E-state index is 11.5. The Morgan fingerprint density at radius 3 is 1.81 bits per heavy atom. The summed E-state index contributed by atoms with van der Waals surface area (Å²) in [5, 5.41) is 0.524. The van der Waals surface area contributed by atoms with Crippen LogP contribution in [0, 0.1) is 0 Å². The Morgan fingerprint density at radius 2 is 1.31 bits per heavy atom. The second kappa shape index (κ2) is 14.4. The first-order valence-electron chi connectivity index (χ1n) is 8.63. The van der Waals surface area contributed by atoms with Crippen molar-refractivity contribution >= 4 is 17.8 Å². The van der Waals surface area contributed by atoms with E-state index in [1.807, 2.05) is 0 Å². The predicted molar refractivity (Wildman–Crippen MR) is 89.9 cm³/mol. The fourth-order valence-corrected chi connectivity index (χ4v) is 1.89.